The molecule has 0 unspecified atom stereocenters. The van der Waals surface area contributed by atoms with Crippen molar-refractivity contribution < 1.29 is 28.7 Å². The standard InChI is InChI=1S/C31H29NO6/c1-19(28(33)21-11-14-25(37-2)15-12-21)38-31(36)23-9-6-10-24(17-23)32-29(34)26-16-13-22(18-27(26)30(32)35)20-7-4-3-5-8-20/h3-12,14-15,17,19,22,26-27H,13,16,18H2,1-2H3/t19-,22-,26-,27-/m0/s1. The van der Waals surface area contributed by atoms with Gasteiger partial charge in [0.1, 0.15) is 5.75 Å². The van der Waals surface area contributed by atoms with Crippen LogP contribution in [0.3, 0.4) is 0 Å². The number of fused-ring (bicyclic) bond motifs is 1. The van der Waals surface area contributed by atoms with Gasteiger partial charge in [-0.15, -0.1) is 0 Å². The van der Waals surface area contributed by atoms with Gasteiger partial charge in [-0.05, 0) is 80.1 Å². The lowest BCUT2D eigenvalue weighted by Gasteiger charge is -2.28. The molecule has 0 spiro atoms. The van der Waals surface area contributed by atoms with E-state index in [4.69, 9.17) is 9.47 Å². The molecule has 0 bridgehead atoms. The molecule has 2 fully saturated rings. The maximum atomic E-state index is 13.4. The van der Waals surface area contributed by atoms with Gasteiger partial charge in [0.15, 0.2) is 6.10 Å². The van der Waals surface area contributed by atoms with E-state index < -0.39 is 12.1 Å². The number of anilines is 1. The van der Waals surface area contributed by atoms with Crippen LogP contribution in [0.5, 0.6) is 5.75 Å². The summed E-state index contributed by atoms with van der Waals surface area (Å²) in [5.74, 6) is -1.38. The Kier molecular flexibility index (Phi) is 7.09. The van der Waals surface area contributed by atoms with Crippen LogP contribution in [0.4, 0.5) is 5.69 Å². The van der Waals surface area contributed by atoms with Crippen LogP contribution in [-0.2, 0) is 14.3 Å². The van der Waals surface area contributed by atoms with Crippen LogP contribution in [0.15, 0.2) is 78.9 Å². The fourth-order valence-electron chi connectivity index (χ4n) is 5.51. The molecule has 0 radical (unpaired) electrons. The predicted octanol–water partition coefficient (Wildman–Crippen LogP) is 5.20. The molecule has 0 aromatic heterocycles. The van der Waals surface area contributed by atoms with Crippen molar-refractivity contribution in [2.75, 3.05) is 12.0 Å². The largest absolute Gasteiger partial charge is 0.497 e. The number of amides is 2. The summed E-state index contributed by atoms with van der Waals surface area (Å²) in [5, 5.41) is 0. The highest BCUT2D eigenvalue weighted by Gasteiger charge is 2.50. The number of esters is 1. The van der Waals surface area contributed by atoms with Crippen molar-refractivity contribution in [3.63, 3.8) is 0 Å². The normalized spacial score (nSPS) is 21.5. The first-order valence-corrected chi connectivity index (χ1v) is 12.8. The summed E-state index contributed by atoms with van der Waals surface area (Å²) in [6.07, 6.45) is 1.11. The van der Waals surface area contributed by atoms with Crippen molar-refractivity contribution in [3.8, 4) is 5.75 Å². The predicted molar refractivity (Wildman–Crippen MR) is 141 cm³/mol. The van der Waals surface area contributed by atoms with E-state index in [0.29, 0.717) is 29.8 Å². The molecule has 7 nitrogen and oxygen atoms in total. The number of ketones is 1. The molecule has 2 amide bonds. The fraction of sp³-hybridized carbons (Fsp3) is 0.290. The third-order valence-electron chi connectivity index (χ3n) is 7.56. The second-order valence-corrected chi connectivity index (χ2v) is 9.84. The van der Waals surface area contributed by atoms with Gasteiger partial charge in [0.05, 0.1) is 30.2 Å². The average molecular weight is 512 g/mol. The monoisotopic (exact) mass is 511 g/mol. The first kappa shape index (κ1) is 25.4. The van der Waals surface area contributed by atoms with Crippen molar-refractivity contribution in [2.45, 2.75) is 38.2 Å². The number of benzene rings is 3. The molecule has 1 aliphatic heterocycles. The van der Waals surface area contributed by atoms with Crippen LogP contribution in [0, 0.1) is 11.8 Å². The number of imide groups is 1. The van der Waals surface area contributed by atoms with E-state index in [2.05, 4.69) is 12.1 Å². The SMILES string of the molecule is COc1ccc(C(=O)[C@H](C)OC(=O)c2cccc(N3C(=O)[C@H]4CC[C@H](c5ccccc5)C[C@@H]4C3=O)c2)cc1. The molecule has 5 rings (SSSR count). The second-order valence-electron chi connectivity index (χ2n) is 9.84. The zero-order valence-corrected chi connectivity index (χ0v) is 21.3. The maximum Gasteiger partial charge on any atom is 0.338 e. The van der Waals surface area contributed by atoms with E-state index >= 15 is 0 Å². The third-order valence-corrected chi connectivity index (χ3v) is 7.56. The molecule has 1 heterocycles. The molecule has 3 aromatic rings. The van der Waals surface area contributed by atoms with Gasteiger partial charge in [0.25, 0.3) is 0 Å². The van der Waals surface area contributed by atoms with Crippen molar-refractivity contribution in [1.29, 1.82) is 0 Å². The van der Waals surface area contributed by atoms with Crippen LogP contribution in [0.25, 0.3) is 0 Å². The molecular weight excluding hydrogens is 482 g/mol. The average Bonchev–Trinajstić information content (AvgIpc) is 3.21. The Hall–Kier alpha value is -4.26. The van der Waals surface area contributed by atoms with E-state index in [1.54, 1.807) is 42.5 Å². The molecular formula is C31H29NO6. The topological polar surface area (TPSA) is 90.0 Å². The fourth-order valence-corrected chi connectivity index (χ4v) is 5.51. The summed E-state index contributed by atoms with van der Waals surface area (Å²) in [5.41, 5.74) is 2.08. The summed E-state index contributed by atoms with van der Waals surface area (Å²) >= 11 is 0. The molecule has 1 saturated heterocycles. The van der Waals surface area contributed by atoms with Gasteiger partial charge in [0.2, 0.25) is 17.6 Å². The van der Waals surface area contributed by atoms with Crippen molar-refractivity contribution >= 4 is 29.3 Å². The highest BCUT2D eigenvalue weighted by Crippen LogP contribution is 2.45. The second kappa shape index (κ2) is 10.6. The minimum Gasteiger partial charge on any atom is -0.497 e. The molecule has 1 saturated carbocycles. The highest BCUT2D eigenvalue weighted by atomic mass is 16.5. The van der Waals surface area contributed by atoms with E-state index in [1.165, 1.54) is 30.6 Å². The van der Waals surface area contributed by atoms with Crippen LogP contribution < -0.4 is 9.64 Å². The first-order chi connectivity index (χ1) is 18.4. The summed E-state index contributed by atoms with van der Waals surface area (Å²) < 4.78 is 10.5. The molecule has 2 aliphatic rings. The van der Waals surface area contributed by atoms with Gasteiger partial charge >= 0.3 is 5.97 Å². The lowest BCUT2D eigenvalue weighted by molar-refractivity contribution is -0.122. The Balaban J connectivity index is 1.29. The zero-order valence-electron chi connectivity index (χ0n) is 21.3. The summed E-state index contributed by atoms with van der Waals surface area (Å²) in [6.45, 7) is 1.51. The molecule has 0 N–H and O–H groups in total. The quantitative estimate of drug-likeness (QED) is 0.246. The number of carbonyl (C=O) groups is 4. The molecule has 3 aromatic carbocycles. The number of ether oxygens (including phenoxy) is 2. The third kappa shape index (κ3) is 4.84. The van der Waals surface area contributed by atoms with Gasteiger partial charge in [-0.1, -0.05) is 36.4 Å². The number of hydrogen-bond acceptors (Lipinski definition) is 6. The number of Topliss-reactive ketones (excluding diaryl/α,β-unsaturated/α-hetero) is 1. The van der Waals surface area contributed by atoms with Gasteiger partial charge < -0.3 is 9.47 Å². The maximum absolute atomic E-state index is 13.4. The lowest BCUT2D eigenvalue weighted by atomic mass is 9.73. The Morgan fingerprint density at radius 3 is 2.26 bits per heavy atom. The number of carbonyl (C=O) groups excluding carboxylic acids is 4. The van der Waals surface area contributed by atoms with E-state index in [-0.39, 0.29) is 40.9 Å². The van der Waals surface area contributed by atoms with E-state index in [0.717, 1.165) is 6.42 Å². The number of methoxy groups -OCH3 is 1. The van der Waals surface area contributed by atoms with Gasteiger partial charge in [-0.25, -0.2) is 4.79 Å². The lowest BCUT2D eigenvalue weighted by Crippen LogP contribution is -2.31. The Bertz CT molecular complexity index is 1370. The van der Waals surface area contributed by atoms with Crippen LogP contribution >= 0.6 is 0 Å². The van der Waals surface area contributed by atoms with E-state index in [9.17, 15) is 19.2 Å². The van der Waals surface area contributed by atoms with Crippen molar-refractivity contribution in [2.24, 2.45) is 11.8 Å². The Labute approximate surface area is 221 Å². The first-order valence-electron chi connectivity index (χ1n) is 12.8. The molecule has 1 aliphatic carbocycles. The summed E-state index contributed by atoms with van der Waals surface area (Å²) in [6, 6.07) is 22.9. The van der Waals surface area contributed by atoms with Crippen molar-refractivity contribution in [3.05, 3.63) is 95.6 Å². The Morgan fingerprint density at radius 1 is 0.842 bits per heavy atom. The minimum atomic E-state index is -1.02. The highest BCUT2D eigenvalue weighted by molar-refractivity contribution is 6.22. The van der Waals surface area contributed by atoms with Crippen LogP contribution in [0.2, 0.25) is 0 Å². The van der Waals surface area contributed by atoms with Crippen LogP contribution in [-0.4, -0.2) is 36.8 Å². The van der Waals surface area contributed by atoms with Gasteiger partial charge in [-0.3, -0.25) is 19.3 Å². The number of nitrogens with zero attached hydrogens (tertiary/aromatic N) is 1. The molecule has 194 valence electrons. The molecule has 38 heavy (non-hydrogen) atoms. The summed E-state index contributed by atoms with van der Waals surface area (Å²) in [4.78, 5) is 53.5. The minimum absolute atomic E-state index is 0.162. The smallest absolute Gasteiger partial charge is 0.338 e. The van der Waals surface area contributed by atoms with Crippen molar-refractivity contribution in [1.82, 2.24) is 0 Å². The Morgan fingerprint density at radius 2 is 1.55 bits per heavy atom. The molecule has 4 atom stereocenters. The van der Waals surface area contributed by atoms with Gasteiger partial charge in [-0.2, -0.15) is 0 Å². The molecule has 7 heteroatoms. The number of rotatable bonds is 7. The van der Waals surface area contributed by atoms with Gasteiger partial charge in [0, 0.05) is 5.56 Å². The van der Waals surface area contributed by atoms with E-state index in [1.807, 2.05) is 18.2 Å². The zero-order chi connectivity index (χ0) is 26.8. The number of hydrogen-bond donors (Lipinski definition) is 0. The van der Waals surface area contributed by atoms with Crippen LogP contribution in [0.1, 0.15) is 58.4 Å². The summed E-state index contributed by atoms with van der Waals surface area (Å²) in [7, 11) is 1.54.